The molecule has 0 spiro atoms. The van der Waals surface area contributed by atoms with Crippen molar-refractivity contribution in [3.63, 3.8) is 0 Å². The number of amides is 3. The summed E-state index contributed by atoms with van der Waals surface area (Å²) in [6.45, 7) is 2.40. The molecule has 1 aromatic rings. The molecule has 4 nitrogen and oxygen atoms in total. The lowest BCUT2D eigenvalue weighted by molar-refractivity contribution is -0.122. The number of carbonyl (C=O) groups is 2. The van der Waals surface area contributed by atoms with Gasteiger partial charge in [-0.05, 0) is 24.6 Å². The molecule has 1 aliphatic heterocycles. The lowest BCUT2D eigenvalue weighted by atomic mass is 10.00. The van der Waals surface area contributed by atoms with Gasteiger partial charge >= 0.3 is 6.03 Å². The second-order valence-corrected chi connectivity index (χ2v) is 5.26. The normalized spacial score (nSPS) is 19.5. The number of imide groups is 1. The highest BCUT2D eigenvalue weighted by molar-refractivity contribution is 6.42. The van der Waals surface area contributed by atoms with E-state index < -0.39 is 6.03 Å². The first kappa shape index (κ1) is 14.2. The maximum absolute atomic E-state index is 12.3. The maximum atomic E-state index is 12.3. The van der Waals surface area contributed by atoms with E-state index in [1.54, 1.807) is 12.1 Å². The van der Waals surface area contributed by atoms with Crippen molar-refractivity contribution in [2.24, 2.45) is 5.92 Å². The van der Waals surface area contributed by atoms with Crippen molar-refractivity contribution in [3.8, 4) is 0 Å². The monoisotopic (exact) mass is 300 g/mol. The van der Waals surface area contributed by atoms with Crippen LogP contribution in [0.3, 0.4) is 0 Å². The van der Waals surface area contributed by atoms with Gasteiger partial charge in [0.15, 0.2) is 0 Å². The summed E-state index contributed by atoms with van der Waals surface area (Å²) >= 11 is 11.8. The first-order valence-electron chi connectivity index (χ1n) is 6.11. The fraction of sp³-hybridized carbons (Fsp3) is 0.385. The van der Waals surface area contributed by atoms with E-state index in [-0.39, 0.29) is 11.8 Å². The summed E-state index contributed by atoms with van der Waals surface area (Å²) in [4.78, 5) is 25.3. The standard InChI is InChI=1S/C13H14Cl2N2O2/c1-2-3-8-7-16-13(19)17(12(8)18)9-4-5-10(14)11(15)6-9/h4-6,8H,2-3,7H2,1H3,(H,16,19). The summed E-state index contributed by atoms with van der Waals surface area (Å²) in [7, 11) is 0. The Labute approximate surface area is 121 Å². The predicted octanol–water partition coefficient (Wildman–Crippen LogP) is 3.47. The van der Waals surface area contributed by atoms with Gasteiger partial charge in [-0.15, -0.1) is 0 Å². The van der Waals surface area contributed by atoms with Gasteiger partial charge in [-0.2, -0.15) is 0 Å². The highest BCUT2D eigenvalue weighted by Gasteiger charge is 2.34. The molecule has 1 aliphatic rings. The predicted molar refractivity (Wildman–Crippen MR) is 75.7 cm³/mol. The third kappa shape index (κ3) is 2.85. The molecule has 1 N–H and O–H groups in total. The number of anilines is 1. The lowest BCUT2D eigenvalue weighted by Gasteiger charge is -2.31. The van der Waals surface area contributed by atoms with Crippen LogP contribution in [0, 0.1) is 5.92 Å². The van der Waals surface area contributed by atoms with Crippen LogP contribution in [0.4, 0.5) is 10.5 Å². The van der Waals surface area contributed by atoms with Crippen LogP contribution in [0.2, 0.25) is 10.0 Å². The van der Waals surface area contributed by atoms with Crippen molar-refractivity contribution >= 4 is 40.8 Å². The Kier molecular flexibility index (Phi) is 4.32. The van der Waals surface area contributed by atoms with Crippen LogP contribution in [-0.2, 0) is 4.79 Å². The molecule has 0 saturated carbocycles. The fourth-order valence-corrected chi connectivity index (χ4v) is 2.39. The zero-order valence-electron chi connectivity index (χ0n) is 10.5. The van der Waals surface area contributed by atoms with E-state index in [9.17, 15) is 9.59 Å². The Morgan fingerprint density at radius 1 is 1.32 bits per heavy atom. The number of urea groups is 1. The number of nitrogens with one attached hydrogen (secondary N) is 1. The number of rotatable bonds is 3. The molecular weight excluding hydrogens is 287 g/mol. The quantitative estimate of drug-likeness (QED) is 0.929. The molecule has 1 aromatic carbocycles. The SMILES string of the molecule is CCCC1CNC(=O)N(c2ccc(Cl)c(Cl)c2)C1=O. The van der Waals surface area contributed by atoms with Gasteiger partial charge in [0, 0.05) is 6.54 Å². The molecule has 1 saturated heterocycles. The van der Waals surface area contributed by atoms with Crippen molar-refractivity contribution in [1.29, 1.82) is 0 Å². The minimum Gasteiger partial charge on any atom is -0.337 e. The molecule has 1 fully saturated rings. The molecule has 1 unspecified atom stereocenters. The highest BCUT2D eigenvalue weighted by Crippen LogP contribution is 2.29. The van der Waals surface area contributed by atoms with E-state index in [2.05, 4.69) is 5.32 Å². The lowest BCUT2D eigenvalue weighted by Crippen LogP contribution is -2.55. The first-order chi connectivity index (χ1) is 9.04. The average Bonchev–Trinajstić information content (AvgIpc) is 2.37. The summed E-state index contributed by atoms with van der Waals surface area (Å²) in [5.41, 5.74) is 0.442. The van der Waals surface area contributed by atoms with Crippen LogP contribution in [0.1, 0.15) is 19.8 Å². The Hall–Kier alpha value is -1.26. The molecule has 1 atom stereocenters. The van der Waals surface area contributed by atoms with E-state index in [4.69, 9.17) is 23.2 Å². The number of hydrogen-bond acceptors (Lipinski definition) is 2. The summed E-state index contributed by atoms with van der Waals surface area (Å²) in [5, 5.41) is 3.43. The summed E-state index contributed by atoms with van der Waals surface area (Å²) < 4.78 is 0. The highest BCUT2D eigenvalue weighted by atomic mass is 35.5. The van der Waals surface area contributed by atoms with E-state index in [1.165, 1.54) is 6.07 Å². The van der Waals surface area contributed by atoms with Crippen molar-refractivity contribution in [1.82, 2.24) is 5.32 Å². The molecule has 2 rings (SSSR count). The first-order valence-corrected chi connectivity index (χ1v) is 6.87. The third-order valence-corrected chi connectivity index (χ3v) is 3.81. The molecule has 1 heterocycles. The molecule has 0 bridgehead atoms. The average molecular weight is 301 g/mol. The second-order valence-electron chi connectivity index (χ2n) is 4.44. The molecule has 102 valence electrons. The molecule has 19 heavy (non-hydrogen) atoms. The summed E-state index contributed by atoms with van der Waals surface area (Å²) in [5.74, 6) is -0.374. The van der Waals surface area contributed by atoms with E-state index >= 15 is 0 Å². The number of hydrogen-bond donors (Lipinski definition) is 1. The van der Waals surface area contributed by atoms with Crippen LogP contribution >= 0.6 is 23.2 Å². The number of nitrogens with zero attached hydrogens (tertiary/aromatic N) is 1. The molecule has 0 radical (unpaired) electrons. The molecular formula is C13H14Cl2N2O2. The van der Waals surface area contributed by atoms with E-state index in [0.29, 0.717) is 22.3 Å². The van der Waals surface area contributed by atoms with Crippen LogP contribution < -0.4 is 10.2 Å². The Morgan fingerprint density at radius 2 is 2.05 bits per heavy atom. The Balaban J connectivity index is 2.31. The van der Waals surface area contributed by atoms with Crippen molar-refractivity contribution in [3.05, 3.63) is 28.2 Å². The van der Waals surface area contributed by atoms with Crippen LogP contribution in [0.15, 0.2) is 18.2 Å². The largest absolute Gasteiger partial charge is 0.337 e. The van der Waals surface area contributed by atoms with Crippen molar-refractivity contribution in [2.75, 3.05) is 11.4 Å². The number of halogens is 2. The van der Waals surface area contributed by atoms with Crippen molar-refractivity contribution < 1.29 is 9.59 Å². The third-order valence-electron chi connectivity index (χ3n) is 3.07. The minimum atomic E-state index is -0.421. The summed E-state index contributed by atoms with van der Waals surface area (Å²) in [6.07, 6.45) is 1.64. The molecule has 0 aromatic heterocycles. The minimum absolute atomic E-state index is 0.183. The molecule has 6 heteroatoms. The van der Waals surface area contributed by atoms with Gasteiger partial charge in [0.05, 0.1) is 21.7 Å². The van der Waals surface area contributed by atoms with Crippen LogP contribution in [0.25, 0.3) is 0 Å². The van der Waals surface area contributed by atoms with Gasteiger partial charge in [-0.25, -0.2) is 9.69 Å². The number of benzene rings is 1. The summed E-state index contributed by atoms with van der Waals surface area (Å²) in [6, 6.07) is 4.29. The van der Waals surface area contributed by atoms with E-state index in [0.717, 1.165) is 17.7 Å². The van der Waals surface area contributed by atoms with Crippen LogP contribution in [-0.4, -0.2) is 18.5 Å². The van der Waals surface area contributed by atoms with Gasteiger partial charge in [0.2, 0.25) is 5.91 Å². The van der Waals surface area contributed by atoms with Crippen molar-refractivity contribution in [2.45, 2.75) is 19.8 Å². The van der Waals surface area contributed by atoms with Gasteiger partial charge in [0.1, 0.15) is 0 Å². The topological polar surface area (TPSA) is 49.4 Å². The van der Waals surface area contributed by atoms with E-state index in [1.807, 2.05) is 6.92 Å². The van der Waals surface area contributed by atoms with Gasteiger partial charge in [0.25, 0.3) is 0 Å². The number of carbonyl (C=O) groups excluding carboxylic acids is 2. The second kappa shape index (κ2) is 5.80. The Bertz CT molecular complexity index is 519. The van der Waals surface area contributed by atoms with Gasteiger partial charge in [-0.3, -0.25) is 4.79 Å². The smallest absolute Gasteiger partial charge is 0.328 e. The molecule has 0 aliphatic carbocycles. The zero-order valence-corrected chi connectivity index (χ0v) is 12.0. The fourth-order valence-electron chi connectivity index (χ4n) is 2.10. The molecule has 3 amide bonds. The zero-order chi connectivity index (χ0) is 14.0. The van der Waals surface area contributed by atoms with Crippen LogP contribution in [0.5, 0.6) is 0 Å². The Morgan fingerprint density at radius 3 is 2.68 bits per heavy atom. The van der Waals surface area contributed by atoms with Gasteiger partial charge in [-0.1, -0.05) is 36.5 Å². The maximum Gasteiger partial charge on any atom is 0.328 e. The van der Waals surface area contributed by atoms with Gasteiger partial charge < -0.3 is 5.32 Å².